The summed E-state index contributed by atoms with van der Waals surface area (Å²) in [6, 6.07) is 8.24. The van der Waals surface area contributed by atoms with Gasteiger partial charge >= 0.3 is 27.6 Å². The van der Waals surface area contributed by atoms with E-state index in [1.54, 1.807) is 30.3 Å². The van der Waals surface area contributed by atoms with Crippen LogP contribution >= 0.6 is 0 Å². The van der Waals surface area contributed by atoms with Gasteiger partial charge in [0.25, 0.3) is 0 Å². The molecule has 10 nitrogen and oxygen atoms in total. The van der Waals surface area contributed by atoms with E-state index < -0.39 is 64.4 Å². The summed E-state index contributed by atoms with van der Waals surface area (Å²) in [7, 11) is -5.21. The first kappa shape index (κ1) is 24.4. The maximum absolute atomic E-state index is 13.1. The first-order valence-corrected chi connectivity index (χ1v) is 10.6. The number of fused-ring (bicyclic) bond motifs is 1. The van der Waals surface area contributed by atoms with Gasteiger partial charge in [-0.1, -0.05) is 30.3 Å². The molecule has 1 aromatic rings. The van der Waals surface area contributed by atoms with E-state index in [-0.39, 0.29) is 6.61 Å². The maximum atomic E-state index is 13.1. The average Bonchev–Trinajstić information content (AvgIpc) is 2.73. The number of halogens is 3. The Bertz CT molecular complexity index is 936. The van der Waals surface area contributed by atoms with Crippen LogP contribution in [0.1, 0.15) is 18.8 Å². The summed E-state index contributed by atoms with van der Waals surface area (Å²) >= 11 is 0. The van der Waals surface area contributed by atoms with Crippen LogP contribution < -0.4 is 0 Å². The molecule has 0 spiro atoms. The highest BCUT2D eigenvalue weighted by Gasteiger charge is 2.59. The van der Waals surface area contributed by atoms with E-state index >= 15 is 0 Å². The van der Waals surface area contributed by atoms with Crippen LogP contribution in [0.25, 0.3) is 0 Å². The summed E-state index contributed by atoms with van der Waals surface area (Å²) in [6.45, 7) is 0.615. The number of rotatable bonds is 5. The number of esters is 2. The number of hydrogen-bond acceptors (Lipinski definition) is 10. The third-order valence-electron chi connectivity index (χ3n) is 4.65. The Kier molecular flexibility index (Phi) is 7.09. The molecule has 2 aliphatic heterocycles. The Hall–Kier alpha value is -2.26. The molecule has 2 heterocycles. The van der Waals surface area contributed by atoms with E-state index in [1.165, 1.54) is 0 Å². The van der Waals surface area contributed by atoms with Crippen LogP contribution in [0.3, 0.4) is 0 Å². The lowest BCUT2D eigenvalue weighted by molar-refractivity contribution is -0.323. The molecule has 0 radical (unpaired) electrons. The highest BCUT2D eigenvalue weighted by molar-refractivity contribution is 7.87. The smallest absolute Gasteiger partial charge is 0.467 e. The minimum atomic E-state index is -6.17. The molecule has 2 fully saturated rings. The van der Waals surface area contributed by atoms with Gasteiger partial charge in [-0.3, -0.25) is 8.98 Å². The fraction of sp³-hybridized carbons (Fsp3) is 0.556. The van der Waals surface area contributed by atoms with E-state index in [2.05, 4.69) is 8.92 Å². The van der Waals surface area contributed by atoms with Crippen molar-refractivity contribution in [1.29, 1.82) is 0 Å². The Morgan fingerprint density at radius 1 is 1.09 bits per heavy atom. The Balaban J connectivity index is 2.01. The number of benzene rings is 1. The van der Waals surface area contributed by atoms with Gasteiger partial charge in [0, 0.05) is 12.5 Å². The molecule has 3 rings (SSSR count). The van der Waals surface area contributed by atoms with Gasteiger partial charge in [-0.25, -0.2) is 4.79 Å². The van der Waals surface area contributed by atoms with Crippen molar-refractivity contribution in [2.75, 3.05) is 13.7 Å². The zero-order chi connectivity index (χ0) is 23.7. The second-order valence-electron chi connectivity index (χ2n) is 6.83. The van der Waals surface area contributed by atoms with E-state index in [9.17, 15) is 31.2 Å². The number of carbonyl (C=O) groups excluding carboxylic acids is 2. The molecule has 0 saturated carbocycles. The fourth-order valence-corrected chi connectivity index (χ4v) is 3.92. The van der Waals surface area contributed by atoms with Crippen molar-refractivity contribution in [2.45, 2.75) is 49.2 Å². The topological polar surface area (TPSA) is 124 Å². The maximum Gasteiger partial charge on any atom is 0.523 e. The van der Waals surface area contributed by atoms with Crippen molar-refractivity contribution in [2.24, 2.45) is 0 Å². The highest BCUT2D eigenvalue weighted by atomic mass is 32.2. The van der Waals surface area contributed by atoms with Gasteiger partial charge in [-0.2, -0.15) is 21.6 Å². The van der Waals surface area contributed by atoms with Crippen molar-refractivity contribution in [3.05, 3.63) is 35.9 Å². The molecule has 178 valence electrons. The van der Waals surface area contributed by atoms with Crippen molar-refractivity contribution in [3.63, 3.8) is 0 Å². The molecule has 6 atom stereocenters. The summed E-state index contributed by atoms with van der Waals surface area (Å²) in [5.41, 5.74) is -5.31. The lowest BCUT2D eigenvalue weighted by Gasteiger charge is -2.47. The van der Waals surface area contributed by atoms with Gasteiger partial charge < -0.3 is 23.7 Å². The summed E-state index contributed by atoms with van der Waals surface area (Å²) < 4.78 is 93.4. The average molecular weight is 484 g/mol. The molecule has 0 aromatic heterocycles. The highest BCUT2D eigenvalue weighted by Crippen LogP contribution is 2.39. The minimum Gasteiger partial charge on any atom is -0.467 e. The summed E-state index contributed by atoms with van der Waals surface area (Å²) in [5.74, 6) is -2.16. The molecule has 1 unspecified atom stereocenters. The lowest BCUT2D eigenvalue weighted by atomic mass is 9.93. The largest absolute Gasteiger partial charge is 0.523 e. The van der Waals surface area contributed by atoms with Crippen LogP contribution in [-0.4, -0.2) is 70.1 Å². The molecule has 0 N–H and O–H groups in total. The van der Waals surface area contributed by atoms with Crippen molar-refractivity contribution in [3.8, 4) is 0 Å². The molecule has 0 amide bonds. The van der Waals surface area contributed by atoms with Crippen LogP contribution in [0.4, 0.5) is 13.2 Å². The van der Waals surface area contributed by atoms with Gasteiger partial charge in [0.15, 0.2) is 18.5 Å². The number of alkyl halides is 3. The number of ether oxygens (including phenoxy) is 5. The van der Waals surface area contributed by atoms with Gasteiger partial charge in [0.05, 0.1) is 13.7 Å². The summed E-state index contributed by atoms with van der Waals surface area (Å²) in [4.78, 5) is 23.8. The third kappa shape index (κ3) is 5.04. The van der Waals surface area contributed by atoms with Gasteiger partial charge in [0.2, 0.25) is 0 Å². The Labute approximate surface area is 180 Å². The quantitative estimate of drug-likeness (QED) is 0.342. The minimum absolute atomic E-state index is 0.295. The zero-order valence-electron chi connectivity index (χ0n) is 16.7. The Morgan fingerprint density at radius 2 is 1.75 bits per heavy atom. The lowest BCUT2D eigenvalue weighted by Crippen LogP contribution is -2.65. The van der Waals surface area contributed by atoms with Crippen LogP contribution in [0, 0.1) is 0 Å². The van der Waals surface area contributed by atoms with E-state index in [1.807, 2.05) is 0 Å². The normalized spacial score (nSPS) is 30.8. The second kappa shape index (κ2) is 9.31. The SMILES string of the molecule is COC(=O)[C@@H]1O[C@@H]2CO[C@H](c3ccccc3)OC2[C@H](OS(=O)(=O)C(F)(F)F)[C@H]1OC(C)=O. The first-order chi connectivity index (χ1) is 14.9. The monoisotopic (exact) mass is 484 g/mol. The van der Waals surface area contributed by atoms with Gasteiger partial charge in [-0.05, 0) is 0 Å². The summed E-state index contributed by atoms with van der Waals surface area (Å²) in [5, 5.41) is 0. The van der Waals surface area contributed by atoms with Crippen LogP contribution in [0.2, 0.25) is 0 Å². The number of carbonyl (C=O) groups is 2. The molecule has 2 saturated heterocycles. The van der Waals surface area contributed by atoms with E-state index in [0.717, 1.165) is 14.0 Å². The molecule has 1 aromatic carbocycles. The van der Waals surface area contributed by atoms with Crippen LogP contribution in [-0.2, 0) is 47.6 Å². The second-order valence-corrected chi connectivity index (χ2v) is 8.39. The van der Waals surface area contributed by atoms with Crippen LogP contribution in [0.15, 0.2) is 30.3 Å². The van der Waals surface area contributed by atoms with Gasteiger partial charge in [-0.15, -0.1) is 0 Å². The van der Waals surface area contributed by atoms with E-state index in [4.69, 9.17) is 18.9 Å². The Morgan fingerprint density at radius 3 is 2.31 bits per heavy atom. The van der Waals surface area contributed by atoms with Crippen molar-refractivity contribution < 1.29 is 59.0 Å². The molecule has 14 heteroatoms. The molecule has 2 aliphatic rings. The predicted octanol–water partition coefficient (Wildman–Crippen LogP) is 1.21. The zero-order valence-corrected chi connectivity index (χ0v) is 17.5. The first-order valence-electron chi connectivity index (χ1n) is 9.16. The predicted molar refractivity (Wildman–Crippen MR) is 96.1 cm³/mol. The molecular weight excluding hydrogens is 465 g/mol. The fourth-order valence-electron chi connectivity index (χ4n) is 3.30. The standard InChI is InChI=1S/C18H19F3O10S/c1-9(22)28-13-14(31-32(24,25)18(19,20)21)12-11(29-15(13)16(23)26-2)8-27-17(30-12)10-6-4-3-5-7-10/h3-7,11-15,17H,8H2,1-2H3/t11-,12?,13-,14+,15-,17+/m1/s1. The van der Waals surface area contributed by atoms with Crippen LogP contribution in [0.5, 0.6) is 0 Å². The third-order valence-corrected chi connectivity index (χ3v) is 5.70. The molecular formula is C18H19F3O10S. The van der Waals surface area contributed by atoms with Gasteiger partial charge in [0.1, 0.15) is 18.3 Å². The summed E-state index contributed by atoms with van der Waals surface area (Å²) in [6.07, 6.45) is -9.68. The molecule has 32 heavy (non-hydrogen) atoms. The molecule has 0 aliphatic carbocycles. The van der Waals surface area contributed by atoms with Crippen molar-refractivity contribution >= 4 is 22.1 Å². The van der Waals surface area contributed by atoms with E-state index in [0.29, 0.717) is 5.56 Å². The number of methoxy groups -OCH3 is 1. The van der Waals surface area contributed by atoms with Crippen molar-refractivity contribution in [1.82, 2.24) is 0 Å². The molecule has 0 bridgehead atoms. The number of hydrogen-bond donors (Lipinski definition) is 0.